The maximum absolute atomic E-state index is 13.9. The topological polar surface area (TPSA) is 50.9 Å². The van der Waals surface area contributed by atoms with Crippen molar-refractivity contribution in [2.45, 2.75) is 6.04 Å². The van der Waals surface area contributed by atoms with E-state index in [1.54, 1.807) is 37.6 Å². The fourth-order valence-corrected chi connectivity index (χ4v) is 2.25. The molecule has 0 saturated heterocycles. The highest BCUT2D eigenvalue weighted by molar-refractivity contribution is 9.10. The van der Waals surface area contributed by atoms with Crippen molar-refractivity contribution in [1.82, 2.24) is 10.3 Å². The van der Waals surface area contributed by atoms with Crippen LogP contribution in [0, 0.1) is 5.82 Å². The lowest BCUT2D eigenvalue weighted by Gasteiger charge is -2.19. The third kappa shape index (κ3) is 2.52. The van der Waals surface area contributed by atoms with Crippen molar-refractivity contribution >= 4 is 21.6 Å². The van der Waals surface area contributed by atoms with Gasteiger partial charge in [0.15, 0.2) is 0 Å². The number of aromatic nitrogens is 1. The van der Waals surface area contributed by atoms with Gasteiger partial charge in [-0.2, -0.15) is 0 Å². The van der Waals surface area contributed by atoms with Gasteiger partial charge in [0.25, 0.3) is 0 Å². The van der Waals surface area contributed by atoms with Gasteiger partial charge >= 0.3 is 0 Å². The van der Waals surface area contributed by atoms with Crippen molar-refractivity contribution in [3.05, 3.63) is 58.1 Å². The molecule has 0 spiro atoms. The maximum Gasteiger partial charge on any atom is 0.128 e. The molecule has 1 aromatic carbocycles. The molecule has 3 nitrogen and oxygen atoms in total. The number of benzene rings is 1. The number of hydrogen-bond donors (Lipinski definition) is 2. The van der Waals surface area contributed by atoms with Gasteiger partial charge in [-0.25, -0.2) is 4.39 Å². The number of anilines is 1. The summed E-state index contributed by atoms with van der Waals surface area (Å²) in [6, 6.07) is 6.21. The van der Waals surface area contributed by atoms with Crippen LogP contribution < -0.4 is 11.1 Å². The zero-order chi connectivity index (χ0) is 13.1. The van der Waals surface area contributed by atoms with Gasteiger partial charge in [-0.3, -0.25) is 4.98 Å². The second-order valence-corrected chi connectivity index (χ2v) is 4.81. The van der Waals surface area contributed by atoms with E-state index in [2.05, 4.69) is 26.2 Å². The standard InChI is InChI=1S/C13H13BrFN3/c1-17-13(10-7-18-5-4-12(10)16)9-6-8(14)2-3-11(9)15/h2-7,13,17H,1H3,(H2,16,18). The molecule has 0 aliphatic rings. The number of hydrogen-bond acceptors (Lipinski definition) is 3. The van der Waals surface area contributed by atoms with Crippen LogP contribution in [0.25, 0.3) is 0 Å². The van der Waals surface area contributed by atoms with Gasteiger partial charge in [-0.1, -0.05) is 15.9 Å². The normalized spacial score (nSPS) is 12.4. The lowest BCUT2D eigenvalue weighted by Crippen LogP contribution is -2.20. The smallest absolute Gasteiger partial charge is 0.128 e. The molecule has 1 aromatic heterocycles. The van der Waals surface area contributed by atoms with Crippen LogP contribution in [-0.4, -0.2) is 12.0 Å². The molecule has 0 fully saturated rings. The minimum atomic E-state index is -0.323. The van der Waals surface area contributed by atoms with Crippen LogP contribution in [0.1, 0.15) is 17.2 Å². The number of nitrogens with zero attached hydrogens (tertiary/aromatic N) is 1. The second-order valence-electron chi connectivity index (χ2n) is 3.89. The number of pyridine rings is 1. The molecule has 0 amide bonds. The number of nitrogens with one attached hydrogen (secondary N) is 1. The molecule has 2 aromatic rings. The fourth-order valence-electron chi connectivity index (χ4n) is 1.87. The zero-order valence-electron chi connectivity index (χ0n) is 9.82. The van der Waals surface area contributed by atoms with E-state index in [4.69, 9.17) is 5.73 Å². The summed E-state index contributed by atoms with van der Waals surface area (Å²) in [5.74, 6) is -0.277. The van der Waals surface area contributed by atoms with Gasteiger partial charge in [0.05, 0.1) is 6.04 Å². The monoisotopic (exact) mass is 309 g/mol. The molecular weight excluding hydrogens is 297 g/mol. The molecule has 0 bridgehead atoms. The Balaban J connectivity index is 2.52. The van der Waals surface area contributed by atoms with Crippen LogP contribution in [0.15, 0.2) is 41.1 Å². The first-order valence-corrected chi connectivity index (χ1v) is 6.24. The van der Waals surface area contributed by atoms with Gasteiger partial charge in [0, 0.05) is 33.7 Å². The van der Waals surface area contributed by atoms with Gasteiger partial charge in [0.2, 0.25) is 0 Å². The van der Waals surface area contributed by atoms with Crippen LogP contribution in [0.3, 0.4) is 0 Å². The Bertz CT molecular complexity index is 560. The van der Waals surface area contributed by atoms with Crippen molar-refractivity contribution in [3.8, 4) is 0 Å². The lowest BCUT2D eigenvalue weighted by molar-refractivity contribution is 0.575. The SMILES string of the molecule is CNC(c1cnccc1N)c1cc(Br)ccc1F. The zero-order valence-corrected chi connectivity index (χ0v) is 11.4. The summed E-state index contributed by atoms with van der Waals surface area (Å²) in [5.41, 5.74) is 7.79. The van der Waals surface area contributed by atoms with Gasteiger partial charge in [-0.05, 0) is 31.3 Å². The average molecular weight is 310 g/mol. The average Bonchev–Trinajstić information content (AvgIpc) is 2.36. The molecule has 0 aliphatic carbocycles. The van der Waals surface area contributed by atoms with Crippen LogP contribution in [0.2, 0.25) is 0 Å². The Labute approximate surface area is 113 Å². The number of nitrogen functional groups attached to an aromatic ring is 1. The highest BCUT2D eigenvalue weighted by atomic mass is 79.9. The minimum absolute atomic E-state index is 0.277. The Morgan fingerprint density at radius 2 is 2.11 bits per heavy atom. The van der Waals surface area contributed by atoms with E-state index in [-0.39, 0.29) is 11.9 Å². The van der Waals surface area contributed by atoms with Crippen LogP contribution in [0.5, 0.6) is 0 Å². The van der Waals surface area contributed by atoms with E-state index in [0.29, 0.717) is 11.3 Å². The molecule has 1 unspecified atom stereocenters. The highest BCUT2D eigenvalue weighted by Gasteiger charge is 2.18. The van der Waals surface area contributed by atoms with E-state index in [1.165, 1.54) is 6.07 Å². The summed E-state index contributed by atoms with van der Waals surface area (Å²) >= 11 is 3.34. The summed E-state index contributed by atoms with van der Waals surface area (Å²) in [6.07, 6.45) is 3.26. The molecule has 94 valence electrons. The quantitative estimate of drug-likeness (QED) is 0.916. The molecule has 2 rings (SSSR count). The van der Waals surface area contributed by atoms with Crippen molar-refractivity contribution < 1.29 is 4.39 Å². The Morgan fingerprint density at radius 1 is 1.33 bits per heavy atom. The van der Waals surface area contributed by atoms with Crippen molar-refractivity contribution in [2.24, 2.45) is 0 Å². The van der Waals surface area contributed by atoms with Crippen molar-refractivity contribution in [2.75, 3.05) is 12.8 Å². The first-order valence-electron chi connectivity index (χ1n) is 5.45. The van der Waals surface area contributed by atoms with Gasteiger partial charge < -0.3 is 11.1 Å². The van der Waals surface area contributed by atoms with Crippen LogP contribution in [0.4, 0.5) is 10.1 Å². The number of halogens is 2. The molecule has 18 heavy (non-hydrogen) atoms. The van der Waals surface area contributed by atoms with E-state index in [9.17, 15) is 4.39 Å². The van der Waals surface area contributed by atoms with Crippen LogP contribution in [-0.2, 0) is 0 Å². The molecular formula is C13H13BrFN3. The number of nitrogens with two attached hydrogens (primary N) is 1. The summed E-state index contributed by atoms with van der Waals surface area (Å²) in [5, 5.41) is 3.06. The van der Waals surface area contributed by atoms with Crippen molar-refractivity contribution in [3.63, 3.8) is 0 Å². The van der Waals surface area contributed by atoms with Crippen LogP contribution >= 0.6 is 15.9 Å². The Morgan fingerprint density at radius 3 is 2.78 bits per heavy atom. The van der Waals surface area contributed by atoms with Gasteiger partial charge in [0.1, 0.15) is 5.82 Å². The van der Waals surface area contributed by atoms with E-state index < -0.39 is 0 Å². The van der Waals surface area contributed by atoms with Crippen molar-refractivity contribution in [1.29, 1.82) is 0 Å². The Kier molecular flexibility index (Phi) is 3.93. The van der Waals surface area contributed by atoms with E-state index in [1.807, 2.05) is 0 Å². The summed E-state index contributed by atoms with van der Waals surface area (Å²) in [4.78, 5) is 4.04. The highest BCUT2D eigenvalue weighted by Crippen LogP contribution is 2.29. The van der Waals surface area contributed by atoms with Gasteiger partial charge in [-0.15, -0.1) is 0 Å². The summed E-state index contributed by atoms with van der Waals surface area (Å²) in [6.45, 7) is 0. The van der Waals surface area contributed by atoms with E-state index >= 15 is 0 Å². The Hall–Kier alpha value is -1.46. The predicted octanol–water partition coefficient (Wildman–Crippen LogP) is 2.87. The van der Waals surface area contributed by atoms with E-state index in [0.717, 1.165) is 10.0 Å². The third-order valence-corrected chi connectivity index (χ3v) is 3.25. The first kappa shape index (κ1) is 13.0. The summed E-state index contributed by atoms with van der Waals surface area (Å²) in [7, 11) is 1.76. The maximum atomic E-state index is 13.9. The molecule has 1 atom stereocenters. The predicted molar refractivity (Wildman–Crippen MR) is 73.7 cm³/mol. The number of rotatable bonds is 3. The minimum Gasteiger partial charge on any atom is -0.398 e. The molecule has 5 heteroatoms. The molecule has 1 heterocycles. The third-order valence-electron chi connectivity index (χ3n) is 2.76. The lowest BCUT2D eigenvalue weighted by atomic mass is 9.98. The second kappa shape index (κ2) is 5.46. The largest absolute Gasteiger partial charge is 0.398 e. The molecule has 3 N–H and O–H groups in total. The molecule has 0 aliphatic heterocycles. The molecule has 0 radical (unpaired) electrons. The summed E-state index contributed by atoms with van der Waals surface area (Å²) < 4.78 is 14.7. The molecule has 0 saturated carbocycles. The fraction of sp³-hybridized carbons (Fsp3) is 0.154. The first-order chi connectivity index (χ1) is 8.63.